The summed E-state index contributed by atoms with van der Waals surface area (Å²) in [4.78, 5) is 10.2. The highest BCUT2D eigenvalue weighted by atomic mass is 35.5. The lowest BCUT2D eigenvalue weighted by molar-refractivity contribution is -0.134. The number of rotatable bonds is 4. The number of hydrogen-bond donors (Lipinski definition) is 1. The molecule has 0 amide bonds. The van der Waals surface area contributed by atoms with Crippen molar-refractivity contribution in [1.29, 1.82) is 0 Å². The minimum absolute atomic E-state index is 0.0320. The maximum absolute atomic E-state index is 11.2. The zero-order chi connectivity index (χ0) is 11.6. The van der Waals surface area contributed by atoms with E-state index in [1.54, 1.807) is 6.92 Å². The van der Waals surface area contributed by atoms with Gasteiger partial charge in [0.25, 0.3) is 0 Å². The fraction of sp³-hybridized carbons (Fsp3) is 0.429. The Kier molecular flexibility index (Phi) is 3.35. The van der Waals surface area contributed by atoms with Gasteiger partial charge in [0, 0.05) is 0 Å². The van der Waals surface area contributed by atoms with E-state index in [0.29, 0.717) is 5.69 Å². The quantitative estimate of drug-likeness (QED) is 0.845. The number of carboxylic acids is 1. The molecule has 8 heteroatoms. The molecular weight excluding hydrogens is 246 g/mol. The molecule has 0 aliphatic carbocycles. The number of halogens is 1. The zero-order valence-corrected chi connectivity index (χ0v) is 9.30. The van der Waals surface area contributed by atoms with Crippen LogP contribution in [0.25, 0.3) is 0 Å². The molecule has 1 heterocycles. The van der Waals surface area contributed by atoms with Crippen molar-refractivity contribution in [3.05, 3.63) is 16.5 Å². The molecule has 0 aromatic carbocycles. The van der Waals surface area contributed by atoms with Crippen LogP contribution < -0.4 is 0 Å². The van der Waals surface area contributed by atoms with Crippen molar-refractivity contribution in [3.8, 4) is 0 Å². The van der Waals surface area contributed by atoms with Crippen LogP contribution in [0.5, 0.6) is 0 Å². The third-order valence-corrected chi connectivity index (χ3v) is 3.42. The molecule has 15 heavy (non-hydrogen) atoms. The molecule has 1 N–H and O–H groups in total. The molecule has 0 saturated heterocycles. The molecule has 0 fully saturated rings. The van der Waals surface area contributed by atoms with Crippen LogP contribution in [0.1, 0.15) is 11.5 Å². The molecule has 0 radical (unpaired) electrons. The van der Waals surface area contributed by atoms with Gasteiger partial charge in [-0.3, -0.25) is 4.79 Å². The van der Waals surface area contributed by atoms with Gasteiger partial charge in [-0.2, -0.15) is 0 Å². The molecular formula is C7H8ClNO5S. The first-order valence-electron chi connectivity index (χ1n) is 3.84. The Morgan fingerprint density at radius 1 is 1.60 bits per heavy atom. The van der Waals surface area contributed by atoms with Crippen molar-refractivity contribution in [2.45, 2.75) is 12.7 Å². The number of aliphatic carboxylic acids is 1. The molecule has 0 aliphatic heterocycles. The van der Waals surface area contributed by atoms with Crippen LogP contribution in [-0.2, 0) is 20.4 Å². The highest BCUT2D eigenvalue weighted by molar-refractivity contribution is 7.91. The van der Waals surface area contributed by atoms with Crippen LogP contribution in [0.4, 0.5) is 0 Å². The lowest BCUT2D eigenvalue weighted by atomic mass is 10.4. The number of aromatic nitrogens is 1. The summed E-state index contributed by atoms with van der Waals surface area (Å²) in [6.07, 6.45) is 0. The first-order valence-corrected chi connectivity index (χ1v) is 6.04. The highest BCUT2D eigenvalue weighted by Gasteiger charge is 2.22. The Balaban J connectivity index is 2.87. The molecule has 0 saturated carbocycles. The maximum Gasteiger partial charge on any atom is 0.318 e. The SMILES string of the molecule is Cc1noc(CS(=O)(=O)CC(=O)O)c1Cl. The Morgan fingerprint density at radius 2 is 2.20 bits per heavy atom. The van der Waals surface area contributed by atoms with Crippen LogP contribution in [-0.4, -0.2) is 30.4 Å². The average molecular weight is 254 g/mol. The molecule has 1 aromatic rings. The van der Waals surface area contributed by atoms with Crippen molar-refractivity contribution in [2.75, 3.05) is 5.75 Å². The Labute approximate surface area is 90.7 Å². The van der Waals surface area contributed by atoms with E-state index in [0.717, 1.165) is 0 Å². The van der Waals surface area contributed by atoms with Crippen molar-refractivity contribution in [2.24, 2.45) is 0 Å². The Morgan fingerprint density at radius 3 is 2.60 bits per heavy atom. The van der Waals surface area contributed by atoms with Crippen LogP contribution in [0, 0.1) is 6.92 Å². The van der Waals surface area contributed by atoms with Gasteiger partial charge in [-0.1, -0.05) is 16.8 Å². The summed E-state index contributed by atoms with van der Waals surface area (Å²) in [5.74, 6) is -2.96. The first-order chi connectivity index (χ1) is 6.82. The van der Waals surface area contributed by atoms with Crippen LogP contribution >= 0.6 is 11.6 Å². The van der Waals surface area contributed by atoms with Crippen molar-refractivity contribution >= 4 is 27.4 Å². The monoisotopic (exact) mass is 253 g/mol. The normalized spacial score (nSPS) is 11.6. The summed E-state index contributed by atoms with van der Waals surface area (Å²) in [6.45, 7) is 1.55. The van der Waals surface area contributed by atoms with Crippen LogP contribution in [0.2, 0.25) is 5.02 Å². The Bertz CT molecular complexity index is 478. The van der Waals surface area contributed by atoms with E-state index in [4.69, 9.17) is 16.7 Å². The highest BCUT2D eigenvalue weighted by Crippen LogP contribution is 2.21. The molecule has 0 atom stereocenters. The summed E-state index contributed by atoms with van der Waals surface area (Å²) in [5.41, 5.74) is 0.372. The van der Waals surface area contributed by atoms with Gasteiger partial charge in [0.2, 0.25) is 0 Å². The molecule has 84 valence electrons. The molecule has 0 aliphatic rings. The number of aryl methyl sites for hydroxylation is 1. The van der Waals surface area contributed by atoms with E-state index in [-0.39, 0.29) is 10.8 Å². The predicted molar refractivity (Wildman–Crippen MR) is 51.4 cm³/mol. The van der Waals surface area contributed by atoms with Crippen molar-refractivity contribution < 1.29 is 22.8 Å². The number of carbonyl (C=O) groups is 1. The van der Waals surface area contributed by atoms with Gasteiger partial charge in [-0.25, -0.2) is 8.42 Å². The maximum atomic E-state index is 11.2. The van der Waals surface area contributed by atoms with E-state index in [1.807, 2.05) is 0 Å². The predicted octanol–water partition coefficient (Wildman–Crippen LogP) is 0.636. The number of hydrogen-bond acceptors (Lipinski definition) is 5. The van der Waals surface area contributed by atoms with E-state index >= 15 is 0 Å². The second kappa shape index (κ2) is 4.19. The molecule has 0 unspecified atom stereocenters. The van der Waals surface area contributed by atoms with Gasteiger partial charge in [-0.05, 0) is 6.92 Å². The summed E-state index contributed by atoms with van der Waals surface area (Å²) in [7, 11) is -3.76. The van der Waals surface area contributed by atoms with Gasteiger partial charge >= 0.3 is 5.97 Å². The number of sulfone groups is 1. The summed E-state index contributed by atoms with van der Waals surface area (Å²) in [5, 5.41) is 11.9. The first kappa shape index (κ1) is 12.0. The van der Waals surface area contributed by atoms with Crippen LogP contribution in [0.3, 0.4) is 0 Å². The van der Waals surface area contributed by atoms with Gasteiger partial charge in [0.1, 0.15) is 16.5 Å². The van der Waals surface area contributed by atoms with Crippen LogP contribution in [0.15, 0.2) is 4.52 Å². The van der Waals surface area contributed by atoms with E-state index in [9.17, 15) is 13.2 Å². The summed E-state index contributed by atoms with van der Waals surface area (Å²) in [6, 6.07) is 0. The molecule has 6 nitrogen and oxygen atoms in total. The minimum atomic E-state index is -3.76. The van der Waals surface area contributed by atoms with Gasteiger partial charge in [-0.15, -0.1) is 0 Å². The van der Waals surface area contributed by atoms with E-state index in [1.165, 1.54) is 0 Å². The average Bonchev–Trinajstić information content (AvgIpc) is 2.33. The summed E-state index contributed by atoms with van der Waals surface area (Å²) < 4.78 is 27.1. The third-order valence-electron chi connectivity index (χ3n) is 1.55. The fourth-order valence-corrected chi connectivity index (χ4v) is 2.22. The van der Waals surface area contributed by atoms with Gasteiger partial charge in [0.15, 0.2) is 15.6 Å². The van der Waals surface area contributed by atoms with Crippen molar-refractivity contribution in [1.82, 2.24) is 5.16 Å². The largest absolute Gasteiger partial charge is 0.480 e. The number of carboxylic acid groups (broad SMARTS) is 1. The topological polar surface area (TPSA) is 97.5 Å². The number of nitrogens with zero attached hydrogens (tertiary/aromatic N) is 1. The smallest absolute Gasteiger partial charge is 0.318 e. The standard InChI is InChI=1S/C7H8ClNO5S/c1-4-7(8)5(14-9-4)2-15(12,13)3-6(10)11/h2-3H2,1H3,(H,10,11). The second-order valence-electron chi connectivity index (χ2n) is 2.93. The fourth-order valence-electron chi connectivity index (χ4n) is 0.934. The molecule has 0 spiro atoms. The van der Waals surface area contributed by atoms with Gasteiger partial charge in [0.05, 0.1) is 5.69 Å². The third kappa shape index (κ3) is 3.21. The minimum Gasteiger partial charge on any atom is -0.480 e. The van der Waals surface area contributed by atoms with Gasteiger partial charge < -0.3 is 9.63 Å². The molecule has 0 bridgehead atoms. The lowest BCUT2D eigenvalue weighted by Crippen LogP contribution is -2.16. The van der Waals surface area contributed by atoms with Crippen molar-refractivity contribution in [3.63, 3.8) is 0 Å². The lowest BCUT2D eigenvalue weighted by Gasteiger charge is -1.97. The van der Waals surface area contributed by atoms with E-state index in [2.05, 4.69) is 9.68 Å². The zero-order valence-electron chi connectivity index (χ0n) is 7.73. The van der Waals surface area contributed by atoms with E-state index < -0.39 is 27.3 Å². The molecule has 1 rings (SSSR count). The Hall–Kier alpha value is -1.08. The summed E-state index contributed by atoms with van der Waals surface area (Å²) >= 11 is 5.68. The second-order valence-corrected chi connectivity index (χ2v) is 5.37. The molecule has 1 aromatic heterocycles.